The zero-order chi connectivity index (χ0) is 17.5. The quantitative estimate of drug-likeness (QED) is 0.793. The SMILES string of the molecule is N#Cc1c(F)cccc1N1CCN(C(=O)NCCCC(=O)O)CC1. The Kier molecular flexibility index (Phi) is 5.95. The highest BCUT2D eigenvalue weighted by Crippen LogP contribution is 2.23. The van der Waals surface area contributed by atoms with Crippen molar-refractivity contribution in [2.75, 3.05) is 37.6 Å². The molecule has 8 heteroatoms. The van der Waals surface area contributed by atoms with Crippen molar-refractivity contribution in [2.24, 2.45) is 0 Å². The first-order valence-corrected chi connectivity index (χ1v) is 7.71. The third-order valence-corrected chi connectivity index (χ3v) is 3.85. The van der Waals surface area contributed by atoms with Gasteiger partial charge in [-0.05, 0) is 18.6 Å². The van der Waals surface area contributed by atoms with Crippen LogP contribution >= 0.6 is 0 Å². The summed E-state index contributed by atoms with van der Waals surface area (Å²) in [6.45, 7) is 2.22. The lowest BCUT2D eigenvalue weighted by atomic mass is 10.1. The lowest BCUT2D eigenvalue weighted by molar-refractivity contribution is -0.137. The molecule has 0 aliphatic carbocycles. The molecule has 0 spiro atoms. The molecule has 0 saturated carbocycles. The topological polar surface area (TPSA) is 96.7 Å². The van der Waals surface area contributed by atoms with Gasteiger partial charge in [0.15, 0.2) is 0 Å². The van der Waals surface area contributed by atoms with Gasteiger partial charge in [0.25, 0.3) is 0 Å². The summed E-state index contributed by atoms with van der Waals surface area (Å²) in [6, 6.07) is 6.16. The van der Waals surface area contributed by atoms with Gasteiger partial charge in [0.05, 0.1) is 5.69 Å². The largest absolute Gasteiger partial charge is 0.481 e. The van der Waals surface area contributed by atoms with Crippen LogP contribution in [0.2, 0.25) is 0 Å². The Morgan fingerprint density at radius 1 is 1.29 bits per heavy atom. The molecular formula is C16H19FN4O3. The second-order valence-electron chi connectivity index (χ2n) is 5.45. The predicted octanol–water partition coefficient (Wildman–Crippen LogP) is 1.39. The molecule has 24 heavy (non-hydrogen) atoms. The van der Waals surface area contributed by atoms with Crippen molar-refractivity contribution in [2.45, 2.75) is 12.8 Å². The molecule has 0 atom stereocenters. The average molecular weight is 334 g/mol. The third-order valence-electron chi connectivity index (χ3n) is 3.85. The van der Waals surface area contributed by atoms with Gasteiger partial charge in [-0.15, -0.1) is 0 Å². The van der Waals surface area contributed by atoms with Gasteiger partial charge >= 0.3 is 12.0 Å². The summed E-state index contributed by atoms with van der Waals surface area (Å²) in [5.74, 6) is -1.44. The highest BCUT2D eigenvalue weighted by Gasteiger charge is 2.23. The highest BCUT2D eigenvalue weighted by atomic mass is 19.1. The molecule has 0 radical (unpaired) electrons. The molecule has 1 aromatic rings. The first-order chi connectivity index (χ1) is 11.5. The standard InChI is InChI=1S/C16H19FN4O3/c17-13-3-1-4-14(12(13)11-18)20-7-9-21(10-8-20)16(24)19-6-2-5-15(22)23/h1,3-4H,2,5-10H2,(H,19,24)(H,22,23). The number of benzene rings is 1. The summed E-state index contributed by atoms with van der Waals surface area (Å²) in [4.78, 5) is 25.9. The minimum absolute atomic E-state index is 0.0177. The Hall–Kier alpha value is -2.82. The maximum atomic E-state index is 13.7. The summed E-state index contributed by atoms with van der Waals surface area (Å²) >= 11 is 0. The first-order valence-electron chi connectivity index (χ1n) is 7.71. The van der Waals surface area contributed by atoms with Crippen molar-refractivity contribution in [1.82, 2.24) is 10.2 Å². The van der Waals surface area contributed by atoms with Crippen LogP contribution in [0.25, 0.3) is 0 Å². The number of nitrogens with one attached hydrogen (secondary N) is 1. The van der Waals surface area contributed by atoms with Crippen molar-refractivity contribution < 1.29 is 19.1 Å². The van der Waals surface area contributed by atoms with Gasteiger partial charge in [0.2, 0.25) is 0 Å². The Labute approximate surface area is 139 Å². The molecule has 7 nitrogen and oxygen atoms in total. The van der Waals surface area contributed by atoms with Crippen molar-refractivity contribution in [1.29, 1.82) is 5.26 Å². The van der Waals surface area contributed by atoms with E-state index in [1.807, 2.05) is 11.0 Å². The summed E-state index contributed by atoms with van der Waals surface area (Å²) in [7, 11) is 0. The van der Waals surface area contributed by atoms with Crippen LogP contribution in [0, 0.1) is 17.1 Å². The Bertz CT molecular complexity index is 651. The molecule has 0 bridgehead atoms. The van der Waals surface area contributed by atoms with Crippen molar-refractivity contribution in [3.05, 3.63) is 29.6 Å². The Morgan fingerprint density at radius 2 is 2.00 bits per heavy atom. The summed E-state index contributed by atoms with van der Waals surface area (Å²) < 4.78 is 13.7. The minimum atomic E-state index is -0.888. The maximum Gasteiger partial charge on any atom is 0.317 e. The molecule has 1 saturated heterocycles. The van der Waals surface area contributed by atoms with Gasteiger partial charge in [-0.2, -0.15) is 5.26 Å². The number of carbonyl (C=O) groups excluding carboxylic acids is 1. The molecular weight excluding hydrogens is 315 g/mol. The number of amides is 2. The fraction of sp³-hybridized carbons (Fsp3) is 0.438. The number of anilines is 1. The van der Waals surface area contributed by atoms with Crippen LogP contribution in [-0.4, -0.2) is 54.7 Å². The number of urea groups is 1. The Balaban J connectivity index is 1.85. The van der Waals surface area contributed by atoms with E-state index in [1.165, 1.54) is 6.07 Å². The number of hydrogen-bond donors (Lipinski definition) is 2. The molecule has 0 unspecified atom stereocenters. The summed E-state index contributed by atoms with van der Waals surface area (Å²) in [6.07, 6.45) is 0.403. The van der Waals surface area contributed by atoms with Gasteiger partial charge in [-0.1, -0.05) is 6.07 Å². The lowest BCUT2D eigenvalue weighted by Crippen LogP contribution is -2.52. The lowest BCUT2D eigenvalue weighted by Gasteiger charge is -2.36. The van der Waals surface area contributed by atoms with E-state index in [2.05, 4.69) is 5.32 Å². The van der Waals surface area contributed by atoms with Crippen LogP contribution in [0.15, 0.2) is 18.2 Å². The fourth-order valence-corrected chi connectivity index (χ4v) is 2.58. The van der Waals surface area contributed by atoms with Gasteiger partial charge in [0.1, 0.15) is 17.4 Å². The number of nitrogens with zero attached hydrogens (tertiary/aromatic N) is 3. The summed E-state index contributed by atoms with van der Waals surface area (Å²) in [5, 5.41) is 20.3. The molecule has 1 aromatic carbocycles. The molecule has 2 rings (SSSR count). The van der Waals surface area contributed by atoms with E-state index in [0.29, 0.717) is 44.8 Å². The predicted molar refractivity (Wildman–Crippen MR) is 85.2 cm³/mol. The molecule has 2 N–H and O–H groups in total. The second kappa shape index (κ2) is 8.15. The number of hydrogen-bond acceptors (Lipinski definition) is 4. The van der Waals surface area contributed by atoms with E-state index in [0.717, 1.165) is 0 Å². The monoisotopic (exact) mass is 334 g/mol. The number of nitriles is 1. The van der Waals surface area contributed by atoms with Crippen molar-refractivity contribution in [3.63, 3.8) is 0 Å². The fourth-order valence-electron chi connectivity index (χ4n) is 2.58. The zero-order valence-corrected chi connectivity index (χ0v) is 13.2. The van der Waals surface area contributed by atoms with E-state index in [9.17, 15) is 14.0 Å². The Morgan fingerprint density at radius 3 is 2.62 bits per heavy atom. The zero-order valence-electron chi connectivity index (χ0n) is 13.2. The third kappa shape index (κ3) is 4.35. The van der Waals surface area contributed by atoms with E-state index in [-0.39, 0.29) is 18.0 Å². The maximum absolute atomic E-state index is 13.7. The molecule has 1 aliphatic rings. The van der Waals surface area contributed by atoms with Crippen LogP contribution < -0.4 is 10.2 Å². The molecule has 1 aliphatic heterocycles. The van der Waals surface area contributed by atoms with Gasteiger partial charge < -0.3 is 20.2 Å². The van der Waals surface area contributed by atoms with Crippen LogP contribution in [0.3, 0.4) is 0 Å². The van der Waals surface area contributed by atoms with Gasteiger partial charge in [0, 0.05) is 39.1 Å². The molecule has 2 amide bonds. The van der Waals surface area contributed by atoms with Gasteiger partial charge in [-0.25, -0.2) is 9.18 Å². The second-order valence-corrected chi connectivity index (χ2v) is 5.45. The van der Waals surface area contributed by atoms with E-state index in [1.54, 1.807) is 17.0 Å². The first kappa shape index (κ1) is 17.5. The smallest absolute Gasteiger partial charge is 0.317 e. The minimum Gasteiger partial charge on any atom is -0.481 e. The number of halogens is 1. The van der Waals surface area contributed by atoms with Crippen molar-refractivity contribution >= 4 is 17.7 Å². The van der Waals surface area contributed by atoms with Crippen LogP contribution in [0.1, 0.15) is 18.4 Å². The summed E-state index contributed by atoms with van der Waals surface area (Å²) in [5.41, 5.74) is 0.558. The molecule has 128 valence electrons. The van der Waals surface area contributed by atoms with Gasteiger partial charge in [-0.3, -0.25) is 4.79 Å². The number of carboxylic acid groups (broad SMARTS) is 1. The molecule has 0 aromatic heterocycles. The number of aliphatic carboxylic acids is 1. The average Bonchev–Trinajstić information content (AvgIpc) is 2.58. The van der Waals surface area contributed by atoms with Crippen molar-refractivity contribution in [3.8, 4) is 6.07 Å². The number of piperazine rings is 1. The molecule has 1 heterocycles. The van der Waals surface area contributed by atoms with Crippen LogP contribution in [0.5, 0.6) is 0 Å². The van der Waals surface area contributed by atoms with E-state index in [4.69, 9.17) is 10.4 Å². The van der Waals surface area contributed by atoms with Crippen LogP contribution in [-0.2, 0) is 4.79 Å². The van der Waals surface area contributed by atoms with E-state index >= 15 is 0 Å². The highest BCUT2D eigenvalue weighted by molar-refractivity contribution is 5.74. The molecule has 1 fully saturated rings. The number of rotatable bonds is 5. The van der Waals surface area contributed by atoms with E-state index < -0.39 is 11.8 Å². The number of carboxylic acids is 1. The van der Waals surface area contributed by atoms with Crippen LogP contribution in [0.4, 0.5) is 14.9 Å². The number of carbonyl (C=O) groups is 2. The normalized spacial score (nSPS) is 14.2.